The van der Waals surface area contributed by atoms with Crippen LogP contribution in [0.2, 0.25) is 0 Å². The normalized spacial score (nSPS) is 10.7. The standard InChI is InChI=1S/C18H19N3O2/c1-4-16-20-17(14-7-5-6-10-21(14)16)18(22)19-13-11-12(2)8-9-15(13)23-3/h5-11H,4H2,1-3H3,(H,19,22). The molecule has 0 unspecified atom stereocenters. The van der Waals surface area contributed by atoms with E-state index in [9.17, 15) is 4.79 Å². The maximum absolute atomic E-state index is 12.7. The summed E-state index contributed by atoms with van der Waals surface area (Å²) >= 11 is 0. The van der Waals surface area contributed by atoms with Crippen molar-refractivity contribution in [2.24, 2.45) is 0 Å². The second-order valence-corrected chi connectivity index (χ2v) is 5.34. The van der Waals surface area contributed by atoms with Gasteiger partial charge in [-0.3, -0.25) is 4.79 Å². The van der Waals surface area contributed by atoms with Crippen molar-refractivity contribution in [3.05, 3.63) is 59.7 Å². The molecule has 118 valence electrons. The number of benzene rings is 1. The van der Waals surface area contributed by atoms with E-state index in [0.29, 0.717) is 17.1 Å². The number of fused-ring (bicyclic) bond motifs is 1. The Balaban J connectivity index is 2.00. The highest BCUT2D eigenvalue weighted by Crippen LogP contribution is 2.26. The Morgan fingerprint density at radius 2 is 2.13 bits per heavy atom. The van der Waals surface area contributed by atoms with Gasteiger partial charge in [0.15, 0.2) is 5.69 Å². The number of aryl methyl sites for hydroxylation is 2. The summed E-state index contributed by atoms with van der Waals surface area (Å²) in [5.74, 6) is 1.25. The summed E-state index contributed by atoms with van der Waals surface area (Å²) in [6.45, 7) is 3.99. The third-order valence-corrected chi connectivity index (χ3v) is 3.76. The van der Waals surface area contributed by atoms with E-state index in [1.54, 1.807) is 7.11 Å². The number of pyridine rings is 1. The first kappa shape index (κ1) is 15.1. The van der Waals surface area contributed by atoms with Crippen molar-refractivity contribution in [2.75, 3.05) is 12.4 Å². The quantitative estimate of drug-likeness (QED) is 0.803. The second-order valence-electron chi connectivity index (χ2n) is 5.34. The number of hydrogen-bond acceptors (Lipinski definition) is 3. The average molecular weight is 309 g/mol. The van der Waals surface area contributed by atoms with Crippen LogP contribution in [0.25, 0.3) is 5.52 Å². The first-order chi connectivity index (χ1) is 11.1. The minimum atomic E-state index is -0.239. The van der Waals surface area contributed by atoms with Crippen molar-refractivity contribution in [1.82, 2.24) is 9.38 Å². The molecule has 1 amide bonds. The molecule has 0 atom stereocenters. The Kier molecular flexibility index (Phi) is 4.02. The number of nitrogens with zero attached hydrogens (tertiary/aromatic N) is 2. The molecule has 0 aliphatic rings. The van der Waals surface area contributed by atoms with Crippen LogP contribution in [0.15, 0.2) is 42.6 Å². The Bertz CT molecular complexity index is 868. The number of imidazole rings is 1. The van der Waals surface area contributed by atoms with Gasteiger partial charge in [0, 0.05) is 12.6 Å². The highest BCUT2D eigenvalue weighted by Gasteiger charge is 2.18. The number of carbonyl (C=O) groups excluding carboxylic acids is 1. The van der Waals surface area contributed by atoms with Crippen LogP contribution < -0.4 is 10.1 Å². The second kappa shape index (κ2) is 6.12. The zero-order valence-corrected chi connectivity index (χ0v) is 13.5. The van der Waals surface area contributed by atoms with Gasteiger partial charge in [-0.15, -0.1) is 0 Å². The monoisotopic (exact) mass is 309 g/mol. The number of ether oxygens (including phenoxy) is 1. The smallest absolute Gasteiger partial charge is 0.276 e. The van der Waals surface area contributed by atoms with Gasteiger partial charge in [0.05, 0.1) is 18.3 Å². The first-order valence-electron chi connectivity index (χ1n) is 7.56. The zero-order chi connectivity index (χ0) is 16.4. The van der Waals surface area contributed by atoms with E-state index in [-0.39, 0.29) is 5.91 Å². The molecule has 0 saturated heterocycles. The van der Waals surface area contributed by atoms with Gasteiger partial charge in [-0.25, -0.2) is 4.98 Å². The number of hydrogen-bond donors (Lipinski definition) is 1. The molecule has 23 heavy (non-hydrogen) atoms. The lowest BCUT2D eigenvalue weighted by molar-refractivity contribution is 0.102. The van der Waals surface area contributed by atoms with Crippen molar-refractivity contribution in [3.63, 3.8) is 0 Å². The highest BCUT2D eigenvalue weighted by molar-refractivity contribution is 6.08. The Morgan fingerprint density at radius 3 is 2.87 bits per heavy atom. The van der Waals surface area contributed by atoms with Gasteiger partial charge in [-0.1, -0.05) is 19.1 Å². The van der Waals surface area contributed by atoms with E-state index in [1.165, 1.54) is 0 Å². The minimum Gasteiger partial charge on any atom is -0.495 e. The third kappa shape index (κ3) is 2.77. The largest absolute Gasteiger partial charge is 0.495 e. The fourth-order valence-corrected chi connectivity index (χ4v) is 2.62. The molecule has 0 aliphatic carbocycles. The van der Waals surface area contributed by atoms with Gasteiger partial charge < -0.3 is 14.5 Å². The molecule has 0 radical (unpaired) electrons. The number of aromatic nitrogens is 2. The van der Waals surface area contributed by atoms with E-state index in [2.05, 4.69) is 10.3 Å². The first-order valence-corrected chi connectivity index (χ1v) is 7.56. The van der Waals surface area contributed by atoms with Crippen molar-refractivity contribution in [3.8, 4) is 5.75 Å². The van der Waals surface area contributed by atoms with Crippen molar-refractivity contribution in [2.45, 2.75) is 20.3 Å². The molecule has 3 rings (SSSR count). The molecule has 5 nitrogen and oxygen atoms in total. The topological polar surface area (TPSA) is 55.6 Å². The van der Waals surface area contributed by atoms with E-state index >= 15 is 0 Å². The predicted molar refractivity (Wildman–Crippen MR) is 90.3 cm³/mol. The lowest BCUT2D eigenvalue weighted by Gasteiger charge is -2.10. The van der Waals surface area contributed by atoms with E-state index in [1.807, 2.05) is 60.8 Å². The van der Waals surface area contributed by atoms with Crippen LogP contribution in [0.3, 0.4) is 0 Å². The van der Waals surface area contributed by atoms with Crippen molar-refractivity contribution >= 4 is 17.1 Å². The maximum Gasteiger partial charge on any atom is 0.276 e. The summed E-state index contributed by atoms with van der Waals surface area (Å²) in [7, 11) is 1.58. The Hall–Kier alpha value is -2.82. The predicted octanol–water partition coefficient (Wildman–Crippen LogP) is 3.47. The van der Waals surface area contributed by atoms with Crippen LogP contribution in [0.5, 0.6) is 5.75 Å². The maximum atomic E-state index is 12.7. The van der Waals surface area contributed by atoms with Crippen LogP contribution in [0.4, 0.5) is 5.69 Å². The van der Waals surface area contributed by atoms with Gasteiger partial charge in [0.25, 0.3) is 5.91 Å². The summed E-state index contributed by atoms with van der Waals surface area (Å²) < 4.78 is 7.26. The van der Waals surface area contributed by atoms with E-state index in [4.69, 9.17) is 4.74 Å². The van der Waals surface area contributed by atoms with Crippen LogP contribution in [0.1, 0.15) is 28.8 Å². The molecule has 2 heterocycles. The number of anilines is 1. The number of rotatable bonds is 4. The van der Waals surface area contributed by atoms with Crippen LogP contribution in [-0.2, 0) is 6.42 Å². The van der Waals surface area contributed by atoms with Crippen molar-refractivity contribution in [1.29, 1.82) is 0 Å². The third-order valence-electron chi connectivity index (χ3n) is 3.76. The molecule has 0 fully saturated rings. The molecule has 3 aromatic rings. The van der Waals surface area contributed by atoms with Gasteiger partial charge in [0.1, 0.15) is 11.6 Å². The number of methoxy groups -OCH3 is 1. The fourth-order valence-electron chi connectivity index (χ4n) is 2.62. The van der Waals surface area contributed by atoms with Gasteiger partial charge >= 0.3 is 0 Å². The van der Waals surface area contributed by atoms with E-state index in [0.717, 1.165) is 23.3 Å². The van der Waals surface area contributed by atoms with Crippen LogP contribution in [0, 0.1) is 6.92 Å². The van der Waals surface area contributed by atoms with Crippen molar-refractivity contribution < 1.29 is 9.53 Å². The lowest BCUT2D eigenvalue weighted by Crippen LogP contribution is -2.13. The zero-order valence-electron chi connectivity index (χ0n) is 13.5. The average Bonchev–Trinajstić information content (AvgIpc) is 2.94. The van der Waals surface area contributed by atoms with Crippen LogP contribution in [-0.4, -0.2) is 22.4 Å². The molecule has 5 heteroatoms. The highest BCUT2D eigenvalue weighted by atomic mass is 16.5. The van der Waals surface area contributed by atoms with Gasteiger partial charge in [-0.2, -0.15) is 0 Å². The SMILES string of the molecule is CCc1nc(C(=O)Nc2cc(C)ccc2OC)c2ccccn12. The summed E-state index contributed by atoms with van der Waals surface area (Å²) in [6, 6.07) is 11.4. The molecule has 0 spiro atoms. The Labute approximate surface area is 134 Å². The molecule has 2 aromatic heterocycles. The molecule has 1 aromatic carbocycles. The van der Waals surface area contributed by atoms with Gasteiger partial charge in [-0.05, 0) is 36.8 Å². The lowest BCUT2D eigenvalue weighted by atomic mass is 10.2. The fraction of sp³-hybridized carbons (Fsp3) is 0.222. The summed E-state index contributed by atoms with van der Waals surface area (Å²) in [5.41, 5.74) is 2.91. The molecule has 1 N–H and O–H groups in total. The number of amides is 1. The molecule has 0 saturated carbocycles. The van der Waals surface area contributed by atoms with E-state index < -0.39 is 0 Å². The summed E-state index contributed by atoms with van der Waals surface area (Å²) in [4.78, 5) is 17.2. The molecular formula is C18H19N3O2. The number of nitrogens with one attached hydrogen (secondary N) is 1. The molecule has 0 aliphatic heterocycles. The number of carbonyl (C=O) groups is 1. The summed E-state index contributed by atoms with van der Waals surface area (Å²) in [5, 5.41) is 2.91. The minimum absolute atomic E-state index is 0.239. The summed E-state index contributed by atoms with van der Waals surface area (Å²) in [6.07, 6.45) is 2.68. The molecule has 0 bridgehead atoms. The Morgan fingerprint density at radius 1 is 1.30 bits per heavy atom. The van der Waals surface area contributed by atoms with Crippen LogP contribution >= 0.6 is 0 Å². The molecular weight excluding hydrogens is 290 g/mol. The van der Waals surface area contributed by atoms with Gasteiger partial charge in [0.2, 0.25) is 0 Å².